The first-order valence-electron chi connectivity index (χ1n) is 11.6. The summed E-state index contributed by atoms with van der Waals surface area (Å²) in [5, 5.41) is 0. The van der Waals surface area contributed by atoms with Gasteiger partial charge in [0.2, 0.25) is 5.91 Å². The fourth-order valence-corrected chi connectivity index (χ4v) is 5.14. The number of piperidine rings is 1. The average Bonchev–Trinajstić information content (AvgIpc) is 2.74. The lowest BCUT2D eigenvalue weighted by Gasteiger charge is -2.56. The number of nitrogens with zero attached hydrogens (tertiary/aromatic N) is 2. The van der Waals surface area contributed by atoms with Crippen molar-refractivity contribution >= 4 is 36.6 Å². The minimum atomic E-state index is -4.40. The maximum atomic E-state index is 13.1. The summed E-state index contributed by atoms with van der Waals surface area (Å²) < 4.78 is 43.5. The molecule has 0 saturated carbocycles. The second-order valence-electron chi connectivity index (χ2n) is 9.81. The van der Waals surface area contributed by atoms with Crippen LogP contribution in [0.25, 0.3) is 0 Å². The van der Waals surface area contributed by atoms with Crippen molar-refractivity contribution in [2.45, 2.75) is 31.9 Å². The summed E-state index contributed by atoms with van der Waals surface area (Å²) in [4.78, 5) is 29.8. The van der Waals surface area contributed by atoms with E-state index in [1.807, 2.05) is 24.3 Å². The molecule has 1 spiro atoms. The van der Waals surface area contributed by atoms with Crippen LogP contribution in [0.15, 0.2) is 48.5 Å². The molecule has 0 bridgehead atoms. The number of amides is 1. The summed E-state index contributed by atoms with van der Waals surface area (Å²) in [5.74, 6) is -0.597. The van der Waals surface area contributed by atoms with E-state index in [-0.39, 0.29) is 38.0 Å². The first-order valence-corrected chi connectivity index (χ1v) is 11.6. The first kappa shape index (κ1) is 25.6. The second kappa shape index (κ2) is 9.85. The number of carbonyl (C=O) groups is 2. The number of benzene rings is 2. The summed E-state index contributed by atoms with van der Waals surface area (Å²) in [6, 6.07) is 12.6. The summed E-state index contributed by atoms with van der Waals surface area (Å²) in [5.41, 5.74) is 2.08. The summed E-state index contributed by atoms with van der Waals surface area (Å²) in [6.07, 6.45) is -2.82. The van der Waals surface area contributed by atoms with Crippen LogP contribution in [0.1, 0.15) is 30.4 Å². The summed E-state index contributed by atoms with van der Waals surface area (Å²) >= 11 is 0. The highest BCUT2D eigenvalue weighted by atomic mass is 32.1. The molecule has 3 fully saturated rings. The van der Waals surface area contributed by atoms with Crippen LogP contribution in [0.3, 0.4) is 0 Å². The number of hydrogen-bond acceptors (Lipinski definition) is 4. The van der Waals surface area contributed by atoms with E-state index in [1.54, 1.807) is 4.90 Å². The number of carbonyl (C=O) groups excluding carboxylic acids is 2. The molecule has 3 aliphatic rings. The molecule has 0 aliphatic carbocycles. The molecule has 2 aromatic rings. The quantitative estimate of drug-likeness (QED) is 0.575. The molecule has 3 aliphatic heterocycles. The van der Waals surface area contributed by atoms with Crippen LogP contribution in [-0.4, -0.2) is 44.5 Å². The van der Waals surface area contributed by atoms with Crippen molar-refractivity contribution in [1.29, 1.82) is 0 Å². The van der Waals surface area contributed by atoms with E-state index >= 15 is 0 Å². The van der Waals surface area contributed by atoms with Crippen molar-refractivity contribution in [2.24, 2.45) is 11.3 Å². The predicted molar refractivity (Wildman–Crippen MR) is 132 cm³/mol. The third kappa shape index (κ3) is 5.35. The van der Waals surface area contributed by atoms with Crippen LogP contribution < -0.4 is 9.80 Å². The second-order valence-corrected chi connectivity index (χ2v) is 9.81. The Morgan fingerprint density at radius 3 is 2.20 bits per heavy atom. The number of rotatable bonds is 6. The van der Waals surface area contributed by atoms with Gasteiger partial charge in [-0.1, -0.05) is 12.1 Å². The van der Waals surface area contributed by atoms with E-state index in [1.165, 1.54) is 12.1 Å². The van der Waals surface area contributed by atoms with Gasteiger partial charge in [-0.2, -0.15) is 26.7 Å². The van der Waals surface area contributed by atoms with Crippen LogP contribution in [0.5, 0.6) is 0 Å². The monoisotopic (exact) mass is 506 g/mol. The lowest BCUT2D eigenvalue weighted by atomic mass is 9.78. The third-order valence-electron chi connectivity index (χ3n) is 7.10. The number of anilines is 2. The lowest BCUT2D eigenvalue weighted by Crippen LogP contribution is -2.66. The van der Waals surface area contributed by atoms with Gasteiger partial charge in [-0.25, -0.2) is 0 Å². The molecule has 3 saturated heterocycles. The highest BCUT2D eigenvalue weighted by Crippen LogP contribution is 2.40. The van der Waals surface area contributed by atoms with Crippen LogP contribution in [0.4, 0.5) is 24.5 Å². The molecule has 0 N–H and O–H groups in total. The zero-order valence-electron chi connectivity index (χ0n) is 19.3. The van der Waals surface area contributed by atoms with Crippen molar-refractivity contribution in [3.05, 3.63) is 59.7 Å². The molecule has 9 heteroatoms. The highest BCUT2D eigenvalue weighted by molar-refractivity contribution is 7.59. The van der Waals surface area contributed by atoms with Gasteiger partial charge in [0.25, 0.3) is 0 Å². The number of ketones is 1. The van der Waals surface area contributed by atoms with E-state index in [0.717, 1.165) is 56.2 Å². The van der Waals surface area contributed by atoms with Crippen molar-refractivity contribution in [3.8, 4) is 0 Å². The topological polar surface area (TPSA) is 49.9 Å². The molecule has 188 valence electrons. The van der Waals surface area contributed by atoms with E-state index < -0.39 is 17.7 Å². The molecule has 0 aromatic heterocycles. The number of halogens is 3. The molecule has 1 atom stereocenters. The number of alkyl halides is 3. The molecular formula is C26H29F3N2O3S. The Morgan fingerprint density at radius 1 is 1.00 bits per heavy atom. The first-order chi connectivity index (χ1) is 16.2. The highest BCUT2D eigenvalue weighted by Gasteiger charge is 2.49. The van der Waals surface area contributed by atoms with Gasteiger partial charge in [0.15, 0.2) is 0 Å². The Bertz CT molecular complexity index is 1060. The zero-order chi connectivity index (χ0) is 23.9. The lowest BCUT2D eigenvalue weighted by molar-refractivity contribution is -0.137. The normalized spacial score (nSPS) is 21.2. The zero-order valence-corrected chi connectivity index (χ0v) is 20.3. The van der Waals surface area contributed by atoms with Gasteiger partial charge in [0, 0.05) is 49.8 Å². The largest absolute Gasteiger partial charge is 0.416 e. The van der Waals surface area contributed by atoms with E-state index in [9.17, 15) is 22.8 Å². The van der Waals surface area contributed by atoms with E-state index in [4.69, 9.17) is 4.74 Å². The van der Waals surface area contributed by atoms with Gasteiger partial charge in [-0.15, -0.1) is 0 Å². The number of Topliss-reactive ketones (excluding diaryl/α,β-unsaturated/α-hetero) is 1. The maximum Gasteiger partial charge on any atom is 0.416 e. The van der Waals surface area contributed by atoms with Crippen molar-refractivity contribution in [1.82, 2.24) is 0 Å². The van der Waals surface area contributed by atoms with Crippen molar-refractivity contribution < 1.29 is 27.5 Å². The predicted octanol–water partition coefficient (Wildman–Crippen LogP) is 4.60. The van der Waals surface area contributed by atoms with Gasteiger partial charge in [-0.05, 0) is 54.8 Å². The smallest absolute Gasteiger partial charge is 0.380 e. The van der Waals surface area contributed by atoms with Crippen LogP contribution >= 0.6 is 13.5 Å². The summed E-state index contributed by atoms with van der Waals surface area (Å²) in [6.45, 7) is 4.29. The average molecular weight is 507 g/mol. The van der Waals surface area contributed by atoms with E-state index in [0.29, 0.717) is 23.9 Å². The molecular weight excluding hydrogens is 477 g/mol. The van der Waals surface area contributed by atoms with Gasteiger partial charge >= 0.3 is 6.18 Å². The molecule has 2 aromatic carbocycles. The van der Waals surface area contributed by atoms with Crippen LogP contribution in [-0.2, 0) is 26.9 Å². The summed E-state index contributed by atoms with van der Waals surface area (Å²) in [7, 11) is 0. The van der Waals surface area contributed by atoms with E-state index in [2.05, 4.69) is 4.90 Å². The minimum absolute atomic E-state index is 0. The third-order valence-corrected chi connectivity index (χ3v) is 7.10. The van der Waals surface area contributed by atoms with Gasteiger partial charge < -0.3 is 14.5 Å². The molecule has 35 heavy (non-hydrogen) atoms. The van der Waals surface area contributed by atoms with Crippen LogP contribution in [0, 0.1) is 11.3 Å². The molecule has 5 nitrogen and oxygen atoms in total. The molecule has 5 rings (SSSR count). The Balaban J connectivity index is 0.00000289. The molecule has 0 radical (unpaired) electrons. The Kier molecular flexibility index (Phi) is 7.20. The van der Waals surface area contributed by atoms with Gasteiger partial charge in [-0.3, -0.25) is 9.59 Å². The van der Waals surface area contributed by atoms with Crippen molar-refractivity contribution in [2.75, 3.05) is 42.6 Å². The fraction of sp³-hybridized carbons (Fsp3) is 0.462. The molecule has 3 heterocycles. The molecule has 1 amide bonds. The SMILES string of the molecule is O=C(Cc1ccc(C(F)(F)F)cc1)C[C@H]1CCCN(c2ccc(N3CC4(COC4)C3)cc2)C1=O.S. The molecule has 0 unspecified atom stereocenters. The van der Waals surface area contributed by atoms with Gasteiger partial charge in [0.05, 0.1) is 24.2 Å². The Labute approximate surface area is 209 Å². The van der Waals surface area contributed by atoms with Crippen molar-refractivity contribution in [3.63, 3.8) is 0 Å². The van der Waals surface area contributed by atoms with Gasteiger partial charge in [0.1, 0.15) is 5.78 Å². The fourth-order valence-electron chi connectivity index (χ4n) is 5.14. The minimum Gasteiger partial charge on any atom is -0.380 e. The standard InChI is InChI=1S/C26H27F3N2O3.H2S/c27-26(28,29)20-5-3-18(4-6-20)12-23(32)13-19-2-1-11-31(24(19)33)22-9-7-21(8-10-22)30-14-25(15-30)16-34-17-25;/h3-10,19H,1-2,11-17H2;1H2/t19-;/m1./s1. The van der Waals surface area contributed by atoms with Crippen LogP contribution in [0.2, 0.25) is 0 Å². The Hall–Kier alpha value is -2.52. The Morgan fingerprint density at radius 2 is 1.63 bits per heavy atom. The number of ether oxygens (including phenoxy) is 1. The number of hydrogen-bond donors (Lipinski definition) is 0. The maximum absolute atomic E-state index is 13.1.